The lowest BCUT2D eigenvalue weighted by Gasteiger charge is -2.08. The van der Waals surface area contributed by atoms with Crippen molar-refractivity contribution in [2.24, 2.45) is 0 Å². The molecule has 18 heavy (non-hydrogen) atoms. The van der Waals surface area contributed by atoms with Crippen LogP contribution in [0.1, 0.15) is 23.4 Å². The number of carbonyl (C=O) groups is 1. The van der Waals surface area contributed by atoms with Crippen molar-refractivity contribution in [2.45, 2.75) is 26.8 Å². The van der Waals surface area contributed by atoms with E-state index < -0.39 is 23.3 Å². The maximum Gasteiger partial charge on any atom is 0.330 e. The van der Waals surface area contributed by atoms with Gasteiger partial charge in [-0.15, -0.1) is 11.3 Å². The van der Waals surface area contributed by atoms with Gasteiger partial charge in [-0.25, -0.2) is 14.2 Å². The van der Waals surface area contributed by atoms with Gasteiger partial charge in [0.25, 0.3) is 5.56 Å². The first-order valence-electron chi connectivity index (χ1n) is 5.32. The van der Waals surface area contributed by atoms with E-state index in [1.165, 1.54) is 18.3 Å². The van der Waals surface area contributed by atoms with Crippen molar-refractivity contribution in [3.8, 4) is 0 Å². The van der Waals surface area contributed by atoms with Crippen LogP contribution in [0.25, 0.3) is 10.2 Å². The van der Waals surface area contributed by atoms with Gasteiger partial charge in [-0.2, -0.15) is 0 Å². The van der Waals surface area contributed by atoms with Crippen molar-refractivity contribution in [1.82, 2.24) is 9.55 Å². The van der Waals surface area contributed by atoms with Crippen molar-refractivity contribution in [2.75, 3.05) is 0 Å². The molecule has 0 aromatic carbocycles. The smallest absolute Gasteiger partial charge is 0.330 e. The molecule has 0 bridgehead atoms. The first kappa shape index (κ1) is 12.6. The molecule has 0 fully saturated rings. The van der Waals surface area contributed by atoms with Crippen LogP contribution < -0.4 is 11.2 Å². The third-order valence-electron chi connectivity index (χ3n) is 3.00. The van der Waals surface area contributed by atoms with Gasteiger partial charge >= 0.3 is 11.7 Å². The Morgan fingerprint density at radius 3 is 2.56 bits per heavy atom. The zero-order chi connectivity index (χ0) is 13.6. The van der Waals surface area contributed by atoms with Crippen LogP contribution in [0.3, 0.4) is 0 Å². The third kappa shape index (κ3) is 1.67. The van der Waals surface area contributed by atoms with Crippen LogP contribution in [0.2, 0.25) is 0 Å². The maximum absolute atomic E-state index is 12.2. The molecule has 0 spiro atoms. The van der Waals surface area contributed by atoms with Crippen LogP contribution in [-0.2, 0) is 4.79 Å². The second kappa shape index (κ2) is 4.09. The summed E-state index contributed by atoms with van der Waals surface area (Å²) < 4.78 is 0.740. The molecule has 2 rings (SSSR count). The van der Waals surface area contributed by atoms with Gasteiger partial charge in [0.2, 0.25) is 0 Å². The highest BCUT2D eigenvalue weighted by Crippen LogP contribution is 2.25. The van der Waals surface area contributed by atoms with Gasteiger partial charge in [0.05, 0.1) is 5.39 Å². The molecular weight excluding hydrogens is 256 g/mol. The SMILES string of the molecule is Cc1sc2[nH]c(=O)n(C(C)C(=O)O)c(=O)c2c1C. The number of aliphatic carboxylic acids is 1. The number of nitrogens with one attached hydrogen (secondary N) is 1. The molecular formula is C11H12N2O4S. The normalized spacial score (nSPS) is 12.8. The molecule has 0 aliphatic rings. The molecule has 0 aliphatic heterocycles. The zero-order valence-corrected chi connectivity index (χ0v) is 10.9. The molecule has 7 heteroatoms. The monoisotopic (exact) mass is 268 g/mol. The molecule has 1 atom stereocenters. The Morgan fingerprint density at radius 2 is 2.00 bits per heavy atom. The Balaban J connectivity index is 2.93. The summed E-state index contributed by atoms with van der Waals surface area (Å²) in [6.07, 6.45) is 0. The fraction of sp³-hybridized carbons (Fsp3) is 0.364. The molecule has 2 N–H and O–H groups in total. The average Bonchev–Trinajstić information content (AvgIpc) is 2.54. The average molecular weight is 268 g/mol. The standard InChI is InChI=1S/C11H12N2O4S/c1-4-6(3)18-8-7(4)9(14)13(11(17)12-8)5(2)10(15)16/h5H,1-3H3,(H,12,17)(H,15,16). The number of fused-ring (bicyclic) bond motifs is 1. The van der Waals surface area contributed by atoms with Crippen LogP contribution in [0, 0.1) is 13.8 Å². The zero-order valence-electron chi connectivity index (χ0n) is 10.1. The van der Waals surface area contributed by atoms with E-state index in [1.807, 2.05) is 6.92 Å². The van der Waals surface area contributed by atoms with Crippen LogP contribution in [0.4, 0.5) is 0 Å². The molecule has 1 unspecified atom stereocenters. The third-order valence-corrected chi connectivity index (χ3v) is 4.12. The number of rotatable bonds is 2. The lowest BCUT2D eigenvalue weighted by Crippen LogP contribution is -2.39. The molecule has 0 aliphatic carbocycles. The van der Waals surface area contributed by atoms with E-state index in [9.17, 15) is 14.4 Å². The van der Waals surface area contributed by atoms with Crippen molar-refractivity contribution in [1.29, 1.82) is 0 Å². The van der Waals surface area contributed by atoms with Crippen molar-refractivity contribution in [3.05, 3.63) is 31.3 Å². The van der Waals surface area contributed by atoms with Crippen molar-refractivity contribution in [3.63, 3.8) is 0 Å². The number of carboxylic acid groups (broad SMARTS) is 1. The minimum absolute atomic E-state index is 0.394. The summed E-state index contributed by atoms with van der Waals surface area (Å²) in [4.78, 5) is 38.9. The quantitative estimate of drug-likeness (QED) is 0.850. The second-order valence-corrected chi connectivity index (χ2v) is 5.33. The molecule has 96 valence electrons. The number of aromatic amines is 1. The molecule has 0 saturated heterocycles. The predicted molar refractivity (Wildman–Crippen MR) is 68.5 cm³/mol. The fourth-order valence-electron chi connectivity index (χ4n) is 1.80. The summed E-state index contributed by atoms with van der Waals surface area (Å²) in [6.45, 7) is 4.94. The second-order valence-electron chi connectivity index (χ2n) is 4.11. The van der Waals surface area contributed by atoms with E-state index >= 15 is 0 Å². The minimum Gasteiger partial charge on any atom is -0.480 e. The molecule has 0 radical (unpaired) electrons. The van der Waals surface area contributed by atoms with E-state index in [1.54, 1.807) is 6.92 Å². The number of aromatic nitrogens is 2. The number of thiophene rings is 1. The summed E-state index contributed by atoms with van der Waals surface area (Å²) in [5.74, 6) is -1.22. The summed E-state index contributed by atoms with van der Waals surface area (Å²) in [6, 6.07) is -1.19. The highest BCUT2D eigenvalue weighted by atomic mass is 32.1. The molecule has 2 heterocycles. The van der Waals surface area contributed by atoms with Crippen LogP contribution in [0.15, 0.2) is 9.59 Å². The van der Waals surface area contributed by atoms with Gasteiger partial charge in [0, 0.05) is 4.88 Å². The molecule has 2 aromatic rings. The Morgan fingerprint density at radius 1 is 1.39 bits per heavy atom. The van der Waals surface area contributed by atoms with Crippen LogP contribution in [0.5, 0.6) is 0 Å². The largest absolute Gasteiger partial charge is 0.480 e. The number of H-pyrrole nitrogens is 1. The van der Waals surface area contributed by atoms with Gasteiger partial charge in [-0.1, -0.05) is 0 Å². The lowest BCUT2D eigenvalue weighted by molar-refractivity contribution is -0.140. The van der Waals surface area contributed by atoms with Crippen molar-refractivity contribution < 1.29 is 9.90 Å². The molecule has 0 saturated carbocycles. The summed E-state index contributed by atoms with van der Waals surface area (Å²) in [5, 5.41) is 9.31. The van der Waals surface area contributed by atoms with E-state index in [2.05, 4.69) is 4.98 Å². The highest BCUT2D eigenvalue weighted by Gasteiger charge is 2.21. The Labute approximate surface area is 106 Å². The van der Waals surface area contributed by atoms with E-state index in [-0.39, 0.29) is 0 Å². The maximum atomic E-state index is 12.2. The number of hydrogen-bond acceptors (Lipinski definition) is 4. The molecule has 0 amide bonds. The number of carboxylic acids is 1. The Bertz CT molecular complexity index is 753. The van der Waals surface area contributed by atoms with Gasteiger partial charge in [0.15, 0.2) is 0 Å². The Kier molecular flexibility index (Phi) is 2.86. The van der Waals surface area contributed by atoms with Crippen LogP contribution in [-0.4, -0.2) is 20.6 Å². The summed E-state index contributed by atoms with van der Waals surface area (Å²) in [7, 11) is 0. The van der Waals surface area contributed by atoms with Crippen LogP contribution >= 0.6 is 11.3 Å². The van der Waals surface area contributed by atoms with Gasteiger partial charge in [-0.05, 0) is 26.3 Å². The molecule has 2 aromatic heterocycles. The van der Waals surface area contributed by atoms with E-state index in [0.29, 0.717) is 10.2 Å². The summed E-state index contributed by atoms with van der Waals surface area (Å²) in [5.41, 5.74) is -0.461. The van der Waals surface area contributed by atoms with Gasteiger partial charge < -0.3 is 5.11 Å². The number of hydrogen-bond donors (Lipinski definition) is 2. The topological polar surface area (TPSA) is 92.2 Å². The van der Waals surface area contributed by atoms with Gasteiger partial charge in [-0.3, -0.25) is 9.78 Å². The highest BCUT2D eigenvalue weighted by molar-refractivity contribution is 7.18. The molecule has 6 nitrogen and oxygen atoms in total. The lowest BCUT2D eigenvalue weighted by atomic mass is 10.2. The number of nitrogens with zero attached hydrogens (tertiary/aromatic N) is 1. The van der Waals surface area contributed by atoms with Gasteiger partial charge in [0.1, 0.15) is 10.9 Å². The number of aryl methyl sites for hydroxylation is 2. The fourth-order valence-corrected chi connectivity index (χ4v) is 2.85. The first-order chi connectivity index (χ1) is 8.34. The summed E-state index contributed by atoms with van der Waals surface area (Å²) >= 11 is 1.32. The van der Waals surface area contributed by atoms with Crippen molar-refractivity contribution >= 4 is 27.5 Å². The first-order valence-corrected chi connectivity index (χ1v) is 6.13. The van der Waals surface area contributed by atoms with E-state index in [0.717, 1.165) is 15.0 Å². The minimum atomic E-state index is -1.22. The van der Waals surface area contributed by atoms with E-state index in [4.69, 9.17) is 5.11 Å². The predicted octanol–water partition coefficient (Wildman–Crippen LogP) is 1.01. The Hall–Kier alpha value is -1.89.